The van der Waals surface area contributed by atoms with Gasteiger partial charge in [-0.3, -0.25) is 4.79 Å². The zero-order valence-electron chi connectivity index (χ0n) is 16.5. The van der Waals surface area contributed by atoms with E-state index in [1.165, 1.54) is 16.4 Å². The molecule has 0 unspecified atom stereocenters. The lowest BCUT2D eigenvalue weighted by molar-refractivity contribution is -0.118. The van der Waals surface area contributed by atoms with E-state index in [1.54, 1.807) is 38.1 Å². The number of carbonyl (C=O) groups excluding carboxylic acids is 1. The molecule has 0 aliphatic carbocycles. The zero-order valence-corrected chi connectivity index (χ0v) is 18.0. The van der Waals surface area contributed by atoms with Crippen LogP contribution in [0.4, 0.5) is 5.69 Å². The maximum absolute atomic E-state index is 12.5. The van der Waals surface area contributed by atoms with Gasteiger partial charge in [0.15, 0.2) is 6.61 Å². The highest BCUT2D eigenvalue weighted by Gasteiger charge is 2.21. The Hall–Kier alpha value is -2.09. The molecular weight excluding hydrogens is 400 g/mol. The van der Waals surface area contributed by atoms with Crippen LogP contribution < -0.4 is 10.1 Å². The predicted octanol–water partition coefficient (Wildman–Crippen LogP) is 4.00. The van der Waals surface area contributed by atoms with E-state index in [0.29, 0.717) is 29.5 Å². The third kappa shape index (κ3) is 5.04. The molecule has 2 aromatic rings. The van der Waals surface area contributed by atoms with Crippen LogP contribution in [-0.4, -0.2) is 38.3 Å². The van der Waals surface area contributed by atoms with Crippen LogP contribution in [0.3, 0.4) is 0 Å². The first kappa shape index (κ1) is 22.2. The molecule has 6 nitrogen and oxygen atoms in total. The van der Waals surface area contributed by atoms with Gasteiger partial charge in [0.25, 0.3) is 5.91 Å². The van der Waals surface area contributed by atoms with Gasteiger partial charge in [0, 0.05) is 23.8 Å². The van der Waals surface area contributed by atoms with Gasteiger partial charge in [0.1, 0.15) is 5.75 Å². The molecule has 1 amide bonds. The molecule has 0 saturated carbocycles. The fraction of sp³-hybridized carbons (Fsp3) is 0.350. The number of carbonyl (C=O) groups is 1. The number of hydrogen-bond donors (Lipinski definition) is 1. The third-order valence-electron chi connectivity index (χ3n) is 4.51. The Morgan fingerprint density at radius 2 is 1.64 bits per heavy atom. The molecule has 2 rings (SSSR count). The number of anilines is 1. The molecule has 152 valence electrons. The van der Waals surface area contributed by atoms with Gasteiger partial charge in [-0.1, -0.05) is 25.4 Å². The molecule has 0 atom stereocenters. The van der Waals surface area contributed by atoms with Crippen molar-refractivity contribution in [1.82, 2.24) is 4.31 Å². The molecule has 0 fully saturated rings. The second-order valence-electron chi connectivity index (χ2n) is 6.25. The summed E-state index contributed by atoms with van der Waals surface area (Å²) in [5, 5.41) is 3.34. The maximum atomic E-state index is 12.5. The van der Waals surface area contributed by atoms with Crippen molar-refractivity contribution in [3.63, 3.8) is 0 Å². The Morgan fingerprint density at radius 3 is 2.21 bits per heavy atom. The Balaban J connectivity index is 2.01. The Bertz CT molecular complexity index is 939. The topological polar surface area (TPSA) is 75.7 Å². The second kappa shape index (κ2) is 9.41. The number of hydrogen-bond acceptors (Lipinski definition) is 4. The van der Waals surface area contributed by atoms with Crippen LogP contribution in [0.1, 0.15) is 25.0 Å². The van der Waals surface area contributed by atoms with Gasteiger partial charge in [-0.05, 0) is 61.4 Å². The van der Waals surface area contributed by atoms with E-state index in [2.05, 4.69) is 5.32 Å². The van der Waals surface area contributed by atoms with Crippen LogP contribution in [0.15, 0.2) is 41.3 Å². The monoisotopic (exact) mass is 424 g/mol. The summed E-state index contributed by atoms with van der Waals surface area (Å²) >= 11 is 6.06. The largest absolute Gasteiger partial charge is 0.483 e. The van der Waals surface area contributed by atoms with Gasteiger partial charge >= 0.3 is 0 Å². The number of ether oxygens (including phenoxy) is 1. The van der Waals surface area contributed by atoms with Crippen molar-refractivity contribution in [3.05, 3.63) is 52.5 Å². The summed E-state index contributed by atoms with van der Waals surface area (Å²) in [5.74, 6) is 0.254. The van der Waals surface area contributed by atoms with Crippen molar-refractivity contribution < 1.29 is 17.9 Å². The predicted molar refractivity (Wildman–Crippen MR) is 112 cm³/mol. The SMILES string of the molecule is CCN(CC)S(=O)(=O)c1ccc(NC(=O)COc2ccc(Cl)c(C)c2C)cc1. The van der Waals surface area contributed by atoms with Gasteiger partial charge in [0.2, 0.25) is 10.0 Å². The van der Waals surface area contributed by atoms with Crippen molar-refractivity contribution >= 4 is 33.2 Å². The first-order valence-electron chi connectivity index (χ1n) is 8.99. The summed E-state index contributed by atoms with van der Waals surface area (Å²) in [6.45, 7) is 7.99. The molecule has 0 aliphatic rings. The quantitative estimate of drug-likeness (QED) is 0.694. The van der Waals surface area contributed by atoms with E-state index < -0.39 is 10.0 Å². The number of nitrogens with one attached hydrogen (secondary N) is 1. The average molecular weight is 425 g/mol. The summed E-state index contributed by atoms with van der Waals surface area (Å²) < 4.78 is 31.9. The molecule has 0 aliphatic heterocycles. The zero-order chi connectivity index (χ0) is 20.9. The summed E-state index contributed by atoms with van der Waals surface area (Å²) in [6, 6.07) is 9.54. The molecule has 0 bridgehead atoms. The van der Waals surface area contributed by atoms with Gasteiger partial charge in [0.05, 0.1) is 4.90 Å². The lowest BCUT2D eigenvalue weighted by atomic mass is 10.1. The lowest BCUT2D eigenvalue weighted by Gasteiger charge is -2.18. The van der Waals surface area contributed by atoms with Crippen LogP contribution >= 0.6 is 11.6 Å². The minimum atomic E-state index is -3.52. The van der Waals surface area contributed by atoms with E-state index in [9.17, 15) is 13.2 Å². The van der Waals surface area contributed by atoms with E-state index in [0.717, 1.165) is 11.1 Å². The lowest BCUT2D eigenvalue weighted by Crippen LogP contribution is -2.30. The third-order valence-corrected chi connectivity index (χ3v) is 6.98. The standard InChI is InChI=1S/C20H25ClN2O4S/c1-5-23(6-2)28(25,26)17-9-7-16(8-10-17)22-20(24)13-27-19-12-11-18(21)14(3)15(19)4/h7-12H,5-6,13H2,1-4H3,(H,22,24). The Labute approximate surface area is 171 Å². The van der Waals surface area contributed by atoms with Gasteiger partial charge in [-0.15, -0.1) is 0 Å². The Kier molecular flexibility index (Phi) is 7.46. The van der Waals surface area contributed by atoms with Crippen molar-refractivity contribution in [3.8, 4) is 5.75 Å². The molecule has 2 aromatic carbocycles. The van der Waals surface area contributed by atoms with Crippen molar-refractivity contribution in [2.45, 2.75) is 32.6 Å². The van der Waals surface area contributed by atoms with Crippen molar-refractivity contribution in [1.29, 1.82) is 0 Å². The average Bonchev–Trinajstić information content (AvgIpc) is 2.67. The summed E-state index contributed by atoms with van der Waals surface area (Å²) in [7, 11) is -3.52. The van der Waals surface area contributed by atoms with Crippen LogP contribution in [0, 0.1) is 13.8 Å². The smallest absolute Gasteiger partial charge is 0.262 e. The molecular formula is C20H25ClN2O4S. The highest BCUT2D eigenvalue weighted by Crippen LogP contribution is 2.27. The fourth-order valence-corrected chi connectivity index (χ4v) is 4.35. The minimum Gasteiger partial charge on any atom is -0.483 e. The number of rotatable bonds is 8. The number of sulfonamides is 1. The first-order chi connectivity index (χ1) is 13.2. The first-order valence-corrected chi connectivity index (χ1v) is 10.8. The normalized spacial score (nSPS) is 11.5. The molecule has 1 N–H and O–H groups in total. The summed E-state index contributed by atoms with van der Waals surface area (Å²) in [4.78, 5) is 12.3. The van der Waals surface area contributed by atoms with Gasteiger partial charge in [-0.25, -0.2) is 8.42 Å². The van der Waals surface area contributed by atoms with Crippen LogP contribution in [0.2, 0.25) is 5.02 Å². The van der Waals surface area contributed by atoms with E-state index in [-0.39, 0.29) is 17.4 Å². The highest BCUT2D eigenvalue weighted by molar-refractivity contribution is 7.89. The van der Waals surface area contributed by atoms with Crippen molar-refractivity contribution in [2.24, 2.45) is 0 Å². The molecule has 0 aromatic heterocycles. The second-order valence-corrected chi connectivity index (χ2v) is 8.59. The van der Waals surface area contributed by atoms with Crippen molar-refractivity contribution in [2.75, 3.05) is 25.0 Å². The van der Waals surface area contributed by atoms with Gasteiger partial charge < -0.3 is 10.1 Å². The Morgan fingerprint density at radius 1 is 1.04 bits per heavy atom. The number of halogens is 1. The maximum Gasteiger partial charge on any atom is 0.262 e. The van der Waals surface area contributed by atoms with Crippen LogP contribution in [0.25, 0.3) is 0 Å². The van der Waals surface area contributed by atoms with E-state index >= 15 is 0 Å². The molecule has 0 spiro atoms. The fourth-order valence-electron chi connectivity index (χ4n) is 2.68. The molecule has 0 radical (unpaired) electrons. The van der Waals surface area contributed by atoms with Gasteiger partial charge in [-0.2, -0.15) is 4.31 Å². The number of amides is 1. The molecule has 28 heavy (non-hydrogen) atoms. The molecule has 0 heterocycles. The summed E-state index contributed by atoms with van der Waals surface area (Å²) in [5.41, 5.74) is 2.28. The number of benzene rings is 2. The molecule has 0 saturated heterocycles. The number of nitrogens with zero attached hydrogens (tertiary/aromatic N) is 1. The van der Waals surface area contributed by atoms with Crippen LogP contribution in [-0.2, 0) is 14.8 Å². The molecule has 8 heteroatoms. The van der Waals surface area contributed by atoms with E-state index in [1.807, 2.05) is 13.8 Å². The van der Waals surface area contributed by atoms with Crippen LogP contribution in [0.5, 0.6) is 5.75 Å². The minimum absolute atomic E-state index is 0.165. The van der Waals surface area contributed by atoms with E-state index in [4.69, 9.17) is 16.3 Å². The highest BCUT2D eigenvalue weighted by atomic mass is 35.5. The summed E-state index contributed by atoms with van der Waals surface area (Å²) in [6.07, 6.45) is 0.